The van der Waals surface area contributed by atoms with Crippen LogP contribution in [-0.4, -0.2) is 43.0 Å². The maximum absolute atomic E-state index is 11.9. The summed E-state index contributed by atoms with van der Waals surface area (Å²) < 4.78 is 26.5. The van der Waals surface area contributed by atoms with E-state index in [4.69, 9.17) is 5.11 Å². The lowest BCUT2D eigenvalue weighted by molar-refractivity contribution is -0.137. The Kier molecular flexibility index (Phi) is 13.2. The van der Waals surface area contributed by atoms with Gasteiger partial charge in [-0.05, 0) is 43.9 Å². The summed E-state index contributed by atoms with van der Waals surface area (Å²) in [4.78, 5) is 10.4. The van der Waals surface area contributed by atoms with Gasteiger partial charge in [-0.15, -0.1) is 0 Å². The number of carboxylic acid groups (broad SMARTS) is 1. The van der Waals surface area contributed by atoms with Crippen molar-refractivity contribution in [2.24, 2.45) is 5.41 Å². The van der Waals surface area contributed by atoms with Crippen LogP contribution < -0.4 is 4.72 Å². The van der Waals surface area contributed by atoms with E-state index in [1.165, 1.54) is 0 Å². The number of hydrogen-bond acceptors (Lipinski definition) is 4. The largest absolute Gasteiger partial charge is 0.481 e. The van der Waals surface area contributed by atoms with Crippen molar-refractivity contribution >= 4 is 16.0 Å². The standard InChI is InChI=1S/C19H39NO5S/c1-4-5-14-19(2,3)17(21)12-9-11-16-26(24,25)20-15-10-7-6-8-13-18(22)23/h17,20-21H,4-16H2,1-3H3,(H,22,23). The highest BCUT2D eigenvalue weighted by atomic mass is 32.2. The van der Waals surface area contributed by atoms with Crippen LogP contribution in [0, 0.1) is 5.41 Å². The summed E-state index contributed by atoms with van der Waals surface area (Å²) in [6, 6.07) is 0. The molecule has 0 aliphatic carbocycles. The molecule has 0 aromatic heterocycles. The first-order chi connectivity index (χ1) is 12.1. The van der Waals surface area contributed by atoms with E-state index < -0.39 is 22.1 Å². The zero-order valence-electron chi connectivity index (χ0n) is 16.8. The van der Waals surface area contributed by atoms with Gasteiger partial charge in [-0.1, -0.05) is 46.5 Å². The monoisotopic (exact) mass is 393 g/mol. The topological polar surface area (TPSA) is 104 Å². The summed E-state index contributed by atoms with van der Waals surface area (Å²) in [6.07, 6.45) is 7.85. The molecule has 0 saturated heterocycles. The van der Waals surface area contributed by atoms with Gasteiger partial charge in [-0.3, -0.25) is 4.79 Å². The summed E-state index contributed by atoms with van der Waals surface area (Å²) in [7, 11) is -3.26. The number of carboxylic acids is 1. The molecule has 3 N–H and O–H groups in total. The molecule has 7 heteroatoms. The smallest absolute Gasteiger partial charge is 0.303 e. The molecule has 0 aromatic carbocycles. The van der Waals surface area contributed by atoms with Crippen LogP contribution in [0.2, 0.25) is 0 Å². The highest BCUT2D eigenvalue weighted by Crippen LogP contribution is 2.30. The number of nitrogens with one attached hydrogen (secondary N) is 1. The van der Waals surface area contributed by atoms with Crippen molar-refractivity contribution in [3.63, 3.8) is 0 Å². The molecule has 1 unspecified atom stereocenters. The number of sulfonamides is 1. The normalized spacial score (nSPS) is 13.7. The molecule has 156 valence electrons. The fourth-order valence-electron chi connectivity index (χ4n) is 2.87. The first-order valence-electron chi connectivity index (χ1n) is 9.98. The second-order valence-corrected chi connectivity index (χ2v) is 9.80. The van der Waals surface area contributed by atoms with Crippen LogP contribution in [0.15, 0.2) is 0 Å². The van der Waals surface area contributed by atoms with Crippen LogP contribution in [0.3, 0.4) is 0 Å². The molecule has 0 radical (unpaired) electrons. The number of unbranched alkanes of at least 4 members (excludes halogenated alkanes) is 5. The third kappa shape index (κ3) is 13.5. The quantitative estimate of drug-likeness (QED) is 0.327. The van der Waals surface area contributed by atoms with Crippen LogP contribution in [0.5, 0.6) is 0 Å². The molecule has 0 fully saturated rings. The predicted molar refractivity (Wildman–Crippen MR) is 106 cm³/mol. The lowest BCUT2D eigenvalue weighted by Crippen LogP contribution is -2.30. The van der Waals surface area contributed by atoms with E-state index >= 15 is 0 Å². The van der Waals surface area contributed by atoms with Gasteiger partial charge in [0.2, 0.25) is 10.0 Å². The van der Waals surface area contributed by atoms with E-state index in [1.807, 2.05) is 0 Å². The van der Waals surface area contributed by atoms with Crippen molar-refractivity contribution in [2.45, 2.75) is 97.5 Å². The van der Waals surface area contributed by atoms with E-state index in [0.717, 1.165) is 38.5 Å². The van der Waals surface area contributed by atoms with Crippen molar-refractivity contribution in [1.29, 1.82) is 0 Å². The number of aliphatic carboxylic acids is 1. The van der Waals surface area contributed by atoms with Gasteiger partial charge >= 0.3 is 5.97 Å². The second-order valence-electron chi connectivity index (χ2n) is 7.87. The van der Waals surface area contributed by atoms with Gasteiger partial charge in [0.15, 0.2) is 0 Å². The second kappa shape index (κ2) is 13.5. The first-order valence-corrected chi connectivity index (χ1v) is 11.6. The fourth-order valence-corrected chi connectivity index (χ4v) is 4.06. The van der Waals surface area contributed by atoms with Gasteiger partial charge in [0.25, 0.3) is 0 Å². The van der Waals surface area contributed by atoms with E-state index in [9.17, 15) is 18.3 Å². The summed E-state index contributed by atoms with van der Waals surface area (Å²) in [5.41, 5.74) is -0.117. The third-order valence-electron chi connectivity index (χ3n) is 4.86. The Morgan fingerprint density at radius 3 is 2.31 bits per heavy atom. The number of aliphatic hydroxyl groups is 1. The molecular weight excluding hydrogens is 354 g/mol. The Morgan fingerprint density at radius 2 is 1.69 bits per heavy atom. The zero-order chi connectivity index (χ0) is 20.1. The van der Waals surface area contributed by atoms with Crippen molar-refractivity contribution in [2.75, 3.05) is 12.3 Å². The molecule has 0 spiro atoms. The van der Waals surface area contributed by atoms with E-state index in [0.29, 0.717) is 32.2 Å². The predicted octanol–water partition coefficient (Wildman–Crippen LogP) is 3.69. The molecule has 0 amide bonds. The van der Waals surface area contributed by atoms with Crippen LogP contribution in [0.25, 0.3) is 0 Å². The van der Waals surface area contributed by atoms with Gasteiger partial charge in [0.1, 0.15) is 0 Å². The Bertz CT molecular complexity index is 476. The zero-order valence-corrected chi connectivity index (χ0v) is 17.6. The molecule has 0 rings (SSSR count). The fraction of sp³-hybridized carbons (Fsp3) is 0.947. The van der Waals surface area contributed by atoms with Gasteiger partial charge in [0, 0.05) is 13.0 Å². The lowest BCUT2D eigenvalue weighted by Gasteiger charge is -2.30. The van der Waals surface area contributed by atoms with Crippen LogP contribution in [0.1, 0.15) is 91.4 Å². The van der Waals surface area contributed by atoms with Gasteiger partial charge in [-0.25, -0.2) is 13.1 Å². The first kappa shape index (κ1) is 25.3. The maximum atomic E-state index is 11.9. The third-order valence-corrected chi connectivity index (χ3v) is 6.33. The molecule has 26 heavy (non-hydrogen) atoms. The minimum absolute atomic E-state index is 0.0914. The molecular formula is C19H39NO5S. The Morgan fingerprint density at radius 1 is 1.04 bits per heavy atom. The number of hydrogen-bond donors (Lipinski definition) is 3. The van der Waals surface area contributed by atoms with Gasteiger partial charge in [0.05, 0.1) is 11.9 Å². The van der Waals surface area contributed by atoms with Crippen LogP contribution in [-0.2, 0) is 14.8 Å². The average molecular weight is 394 g/mol. The molecule has 0 aromatic rings. The molecule has 1 atom stereocenters. The van der Waals surface area contributed by atoms with Crippen molar-refractivity contribution < 1.29 is 23.4 Å². The molecule has 0 heterocycles. The summed E-state index contributed by atoms with van der Waals surface area (Å²) in [5.74, 6) is -0.696. The maximum Gasteiger partial charge on any atom is 0.303 e. The van der Waals surface area contributed by atoms with Crippen molar-refractivity contribution in [1.82, 2.24) is 4.72 Å². The van der Waals surface area contributed by atoms with Gasteiger partial charge in [-0.2, -0.15) is 0 Å². The highest BCUT2D eigenvalue weighted by Gasteiger charge is 2.26. The number of rotatable bonds is 17. The number of carbonyl (C=O) groups is 1. The molecule has 6 nitrogen and oxygen atoms in total. The minimum atomic E-state index is -3.26. The van der Waals surface area contributed by atoms with Crippen LogP contribution >= 0.6 is 0 Å². The lowest BCUT2D eigenvalue weighted by atomic mass is 9.79. The van der Waals surface area contributed by atoms with E-state index in [-0.39, 0.29) is 17.6 Å². The Balaban J connectivity index is 3.82. The number of aliphatic hydroxyl groups excluding tert-OH is 1. The SMILES string of the molecule is CCCCC(C)(C)C(O)CCCCS(=O)(=O)NCCCCCCC(=O)O. The van der Waals surface area contributed by atoms with Crippen molar-refractivity contribution in [3.05, 3.63) is 0 Å². The molecule has 0 aliphatic heterocycles. The van der Waals surface area contributed by atoms with E-state index in [2.05, 4.69) is 25.5 Å². The average Bonchev–Trinajstić information content (AvgIpc) is 2.55. The van der Waals surface area contributed by atoms with E-state index in [1.54, 1.807) is 0 Å². The summed E-state index contributed by atoms with van der Waals surface area (Å²) >= 11 is 0. The van der Waals surface area contributed by atoms with Crippen LogP contribution in [0.4, 0.5) is 0 Å². The Labute approximate surface area is 159 Å². The summed E-state index contributed by atoms with van der Waals surface area (Å²) in [5, 5.41) is 18.8. The molecule has 0 aliphatic rings. The molecule has 0 saturated carbocycles. The Hall–Kier alpha value is -0.660. The summed E-state index contributed by atoms with van der Waals surface area (Å²) in [6.45, 7) is 6.68. The van der Waals surface area contributed by atoms with Crippen molar-refractivity contribution in [3.8, 4) is 0 Å². The molecule has 0 bridgehead atoms. The minimum Gasteiger partial charge on any atom is -0.481 e. The highest BCUT2D eigenvalue weighted by molar-refractivity contribution is 7.89. The van der Waals surface area contributed by atoms with Gasteiger partial charge < -0.3 is 10.2 Å².